The maximum atomic E-state index is 10.5. The summed E-state index contributed by atoms with van der Waals surface area (Å²) in [5.41, 5.74) is 2.80. The van der Waals surface area contributed by atoms with E-state index in [9.17, 15) is 5.11 Å². The third kappa shape index (κ3) is 2.36. The van der Waals surface area contributed by atoms with E-state index in [0.717, 1.165) is 35.0 Å². The van der Waals surface area contributed by atoms with Crippen molar-refractivity contribution >= 4 is 16.3 Å². The maximum Gasteiger partial charge on any atom is 0.193 e. The Morgan fingerprint density at radius 2 is 2.20 bits per heavy atom. The number of imidazole rings is 1. The number of aryl methyl sites for hydroxylation is 2. The smallest absolute Gasteiger partial charge is 0.193 e. The van der Waals surface area contributed by atoms with E-state index >= 15 is 0 Å². The molecule has 6 heteroatoms. The Morgan fingerprint density at radius 3 is 2.90 bits per heavy atom. The van der Waals surface area contributed by atoms with Crippen molar-refractivity contribution in [3.63, 3.8) is 0 Å². The van der Waals surface area contributed by atoms with Crippen LogP contribution < -0.4 is 0 Å². The lowest BCUT2D eigenvalue weighted by molar-refractivity contribution is 0.166. The molecular formula is C14H18N4OS. The van der Waals surface area contributed by atoms with Crippen molar-refractivity contribution in [3.05, 3.63) is 40.9 Å². The van der Waals surface area contributed by atoms with Gasteiger partial charge in [-0.1, -0.05) is 6.92 Å². The quantitative estimate of drug-likeness (QED) is 0.785. The molecule has 1 N–H and O–H groups in total. The molecule has 1 atom stereocenters. The molecule has 0 fully saturated rings. The van der Waals surface area contributed by atoms with Gasteiger partial charge in [0.15, 0.2) is 4.96 Å². The Morgan fingerprint density at radius 1 is 1.35 bits per heavy atom. The van der Waals surface area contributed by atoms with E-state index in [2.05, 4.69) is 17.0 Å². The average molecular weight is 290 g/mol. The van der Waals surface area contributed by atoms with Crippen LogP contribution in [0.5, 0.6) is 0 Å². The van der Waals surface area contributed by atoms with Crippen molar-refractivity contribution in [2.24, 2.45) is 0 Å². The van der Waals surface area contributed by atoms with Crippen LogP contribution >= 0.6 is 11.3 Å². The van der Waals surface area contributed by atoms with Crippen molar-refractivity contribution in [2.75, 3.05) is 0 Å². The zero-order valence-corrected chi connectivity index (χ0v) is 12.5. The second-order valence-corrected chi connectivity index (χ2v) is 5.65. The van der Waals surface area contributed by atoms with Crippen molar-refractivity contribution in [3.8, 4) is 0 Å². The molecule has 20 heavy (non-hydrogen) atoms. The zero-order chi connectivity index (χ0) is 14.1. The van der Waals surface area contributed by atoms with E-state index in [1.807, 2.05) is 39.8 Å². The van der Waals surface area contributed by atoms with Gasteiger partial charge in [-0.25, -0.2) is 4.98 Å². The number of nitrogens with zero attached hydrogens (tertiary/aromatic N) is 4. The topological polar surface area (TPSA) is 55.4 Å². The van der Waals surface area contributed by atoms with Crippen molar-refractivity contribution in [1.82, 2.24) is 19.2 Å². The highest BCUT2D eigenvalue weighted by Gasteiger charge is 2.17. The lowest BCUT2D eigenvalue weighted by atomic mass is 10.1. The molecule has 0 amide bonds. The van der Waals surface area contributed by atoms with Gasteiger partial charge in [0, 0.05) is 30.7 Å². The van der Waals surface area contributed by atoms with Gasteiger partial charge in [0.05, 0.1) is 17.1 Å². The van der Waals surface area contributed by atoms with Crippen molar-refractivity contribution < 1.29 is 5.11 Å². The highest BCUT2D eigenvalue weighted by Crippen LogP contribution is 2.21. The maximum absolute atomic E-state index is 10.5. The fourth-order valence-electron chi connectivity index (χ4n) is 2.36. The van der Waals surface area contributed by atoms with Crippen molar-refractivity contribution in [1.29, 1.82) is 0 Å². The van der Waals surface area contributed by atoms with E-state index in [4.69, 9.17) is 0 Å². The zero-order valence-electron chi connectivity index (χ0n) is 11.7. The number of hydrogen-bond donors (Lipinski definition) is 1. The molecule has 5 nitrogen and oxygen atoms in total. The normalized spacial score (nSPS) is 13.2. The van der Waals surface area contributed by atoms with Crippen LogP contribution in [0.3, 0.4) is 0 Å². The Labute approximate surface area is 121 Å². The predicted octanol–water partition coefficient (Wildman–Crippen LogP) is 2.45. The summed E-state index contributed by atoms with van der Waals surface area (Å²) >= 11 is 1.60. The summed E-state index contributed by atoms with van der Waals surface area (Å²) in [6, 6.07) is 1.99. The monoisotopic (exact) mass is 290 g/mol. The first-order valence-corrected chi connectivity index (χ1v) is 7.75. The molecule has 1 unspecified atom stereocenters. The van der Waals surface area contributed by atoms with Crippen LogP contribution in [-0.4, -0.2) is 24.3 Å². The number of aliphatic hydroxyl groups is 1. The van der Waals surface area contributed by atoms with Gasteiger partial charge in [-0.2, -0.15) is 5.10 Å². The lowest BCUT2D eigenvalue weighted by Crippen LogP contribution is -2.10. The van der Waals surface area contributed by atoms with Gasteiger partial charge in [-0.15, -0.1) is 11.3 Å². The van der Waals surface area contributed by atoms with E-state index in [0.29, 0.717) is 6.42 Å². The summed E-state index contributed by atoms with van der Waals surface area (Å²) in [6.07, 6.45) is 4.79. The second kappa shape index (κ2) is 5.38. The molecule has 0 aliphatic heterocycles. The Hall–Kier alpha value is -1.66. The van der Waals surface area contributed by atoms with Crippen LogP contribution in [0.2, 0.25) is 0 Å². The SMILES string of the molecule is CCc1cc(C(O)Cc2cn3ccsc3n2)n(CC)n1. The molecule has 3 heterocycles. The molecule has 106 valence electrons. The molecule has 0 aliphatic carbocycles. The molecule has 3 aromatic heterocycles. The minimum Gasteiger partial charge on any atom is -0.386 e. The fourth-order valence-corrected chi connectivity index (χ4v) is 3.08. The van der Waals surface area contributed by atoms with Crippen molar-refractivity contribution in [2.45, 2.75) is 39.3 Å². The predicted molar refractivity (Wildman–Crippen MR) is 79.0 cm³/mol. The van der Waals surface area contributed by atoms with E-state index in [-0.39, 0.29) is 0 Å². The first kappa shape index (κ1) is 13.3. The average Bonchev–Trinajstić information content (AvgIpc) is 3.10. The number of thiazole rings is 1. The van der Waals surface area contributed by atoms with E-state index < -0.39 is 6.10 Å². The highest BCUT2D eigenvalue weighted by molar-refractivity contribution is 7.15. The van der Waals surface area contributed by atoms with Crippen LogP contribution in [0.1, 0.15) is 37.0 Å². The van der Waals surface area contributed by atoms with Gasteiger partial charge in [-0.05, 0) is 19.4 Å². The number of hydrogen-bond acceptors (Lipinski definition) is 4. The summed E-state index contributed by atoms with van der Waals surface area (Å²) in [5, 5.41) is 16.9. The van der Waals surface area contributed by atoms with E-state index in [1.54, 1.807) is 11.3 Å². The summed E-state index contributed by atoms with van der Waals surface area (Å²) in [7, 11) is 0. The second-order valence-electron chi connectivity index (χ2n) is 4.77. The summed E-state index contributed by atoms with van der Waals surface area (Å²) in [5.74, 6) is 0. The molecule has 0 saturated heterocycles. The molecule has 3 rings (SSSR count). The largest absolute Gasteiger partial charge is 0.386 e. The number of rotatable bonds is 5. The Bertz CT molecular complexity index is 683. The van der Waals surface area contributed by atoms with E-state index in [1.165, 1.54) is 0 Å². The highest BCUT2D eigenvalue weighted by atomic mass is 32.1. The van der Waals surface area contributed by atoms with Gasteiger partial charge in [0.2, 0.25) is 0 Å². The molecule has 0 aliphatic rings. The number of aromatic nitrogens is 4. The van der Waals surface area contributed by atoms with Crippen LogP contribution in [0.4, 0.5) is 0 Å². The minimum absolute atomic E-state index is 0.517. The molecule has 0 saturated carbocycles. The third-order valence-corrected chi connectivity index (χ3v) is 4.18. The molecule has 0 bridgehead atoms. The molecule has 3 aromatic rings. The van der Waals surface area contributed by atoms with Crippen LogP contribution in [0, 0.1) is 0 Å². The number of fused-ring (bicyclic) bond motifs is 1. The summed E-state index contributed by atoms with van der Waals surface area (Å²) in [4.78, 5) is 5.48. The standard InChI is InChI=1S/C14H18N4OS/c1-3-10-7-12(18(4-2)16-10)13(19)8-11-9-17-5-6-20-14(17)15-11/h5-7,9,13,19H,3-4,8H2,1-2H3. The fraction of sp³-hybridized carbons (Fsp3) is 0.429. The lowest BCUT2D eigenvalue weighted by Gasteiger charge is -2.10. The van der Waals surface area contributed by atoms with Crippen LogP contribution in [0.15, 0.2) is 23.8 Å². The van der Waals surface area contributed by atoms with Gasteiger partial charge in [0.25, 0.3) is 0 Å². The first-order valence-electron chi connectivity index (χ1n) is 6.87. The minimum atomic E-state index is -0.563. The Kier molecular flexibility index (Phi) is 3.58. The first-order chi connectivity index (χ1) is 9.71. The molecular weight excluding hydrogens is 272 g/mol. The molecule has 0 spiro atoms. The van der Waals surface area contributed by atoms with Gasteiger partial charge < -0.3 is 5.11 Å². The third-order valence-electron chi connectivity index (χ3n) is 3.41. The van der Waals surface area contributed by atoms with Gasteiger partial charge in [-0.3, -0.25) is 9.08 Å². The summed E-state index contributed by atoms with van der Waals surface area (Å²) < 4.78 is 3.86. The number of aliphatic hydroxyl groups excluding tert-OH is 1. The molecule has 0 radical (unpaired) electrons. The summed E-state index contributed by atoms with van der Waals surface area (Å²) in [6.45, 7) is 4.88. The molecule has 0 aromatic carbocycles. The van der Waals surface area contributed by atoms with Crippen LogP contribution in [0.25, 0.3) is 4.96 Å². The van der Waals surface area contributed by atoms with Gasteiger partial charge in [0.1, 0.15) is 6.10 Å². The van der Waals surface area contributed by atoms with Crippen LogP contribution in [-0.2, 0) is 19.4 Å². The van der Waals surface area contributed by atoms with Gasteiger partial charge >= 0.3 is 0 Å². The Balaban J connectivity index is 1.83.